The van der Waals surface area contributed by atoms with Crippen molar-refractivity contribution in [3.63, 3.8) is 0 Å². The number of hydrogen-bond donors (Lipinski definition) is 0. The molecule has 0 saturated carbocycles. The first-order chi connectivity index (χ1) is 9.70. The predicted molar refractivity (Wildman–Crippen MR) is 94.2 cm³/mol. The van der Waals surface area contributed by atoms with Crippen LogP contribution in [0.2, 0.25) is 0 Å². The van der Waals surface area contributed by atoms with Gasteiger partial charge in [-0.3, -0.25) is 0 Å². The number of rotatable bonds is 6. The highest BCUT2D eigenvalue weighted by Gasteiger charge is 2.04. The second-order valence-corrected chi connectivity index (χ2v) is 6.37. The molecule has 0 aliphatic carbocycles. The average molecular weight is 380 g/mol. The van der Waals surface area contributed by atoms with Crippen LogP contribution in [0.5, 0.6) is 5.75 Å². The standard InChI is InChI=1S/C18H21IO/c1-3-6-14(2)13-20-16-11-9-15(10-12-16)17-7-4-5-8-18(17)19/h4-5,7-12,14H,3,6,13H2,1-2H3. The molecule has 1 atom stereocenters. The third-order valence-corrected chi connectivity index (χ3v) is 4.30. The van der Waals surface area contributed by atoms with E-state index in [-0.39, 0.29) is 0 Å². The lowest BCUT2D eigenvalue weighted by molar-refractivity contribution is 0.251. The van der Waals surface area contributed by atoms with Crippen LogP contribution in [0.15, 0.2) is 48.5 Å². The summed E-state index contributed by atoms with van der Waals surface area (Å²) in [7, 11) is 0. The largest absolute Gasteiger partial charge is 0.493 e. The molecule has 0 amide bonds. The maximum Gasteiger partial charge on any atom is 0.119 e. The van der Waals surface area contributed by atoms with Crippen LogP contribution >= 0.6 is 22.6 Å². The van der Waals surface area contributed by atoms with Gasteiger partial charge in [0.2, 0.25) is 0 Å². The van der Waals surface area contributed by atoms with Crippen molar-refractivity contribution in [3.8, 4) is 16.9 Å². The van der Waals surface area contributed by atoms with E-state index in [1.165, 1.54) is 27.5 Å². The Kier molecular flexibility index (Phi) is 5.89. The van der Waals surface area contributed by atoms with Crippen molar-refractivity contribution in [1.29, 1.82) is 0 Å². The highest BCUT2D eigenvalue weighted by molar-refractivity contribution is 14.1. The Labute approximate surface area is 135 Å². The summed E-state index contributed by atoms with van der Waals surface area (Å²) in [6, 6.07) is 16.8. The minimum atomic E-state index is 0.620. The Balaban J connectivity index is 2.02. The number of halogens is 1. The molecule has 0 aliphatic rings. The highest BCUT2D eigenvalue weighted by atomic mass is 127. The van der Waals surface area contributed by atoms with E-state index in [2.05, 4.69) is 85.0 Å². The minimum absolute atomic E-state index is 0.620. The second-order valence-electron chi connectivity index (χ2n) is 5.21. The molecule has 0 N–H and O–H groups in total. The third-order valence-electron chi connectivity index (χ3n) is 3.36. The molecule has 20 heavy (non-hydrogen) atoms. The van der Waals surface area contributed by atoms with Gasteiger partial charge in [0.25, 0.3) is 0 Å². The summed E-state index contributed by atoms with van der Waals surface area (Å²) in [6.45, 7) is 5.26. The van der Waals surface area contributed by atoms with Gasteiger partial charge in [0, 0.05) is 3.57 Å². The van der Waals surface area contributed by atoms with Gasteiger partial charge < -0.3 is 4.74 Å². The van der Waals surface area contributed by atoms with Gasteiger partial charge in [-0.25, -0.2) is 0 Å². The van der Waals surface area contributed by atoms with Crippen LogP contribution in [0.3, 0.4) is 0 Å². The van der Waals surface area contributed by atoms with Crippen LogP contribution < -0.4 is 4.74 Å². The first-order valence-corrected chi connectivity index (χ1v) is 8.26. The van der Waals surface area contributed by atoms with E-state index >= 15 is 0 Å². The summed E-state index contributed by atoms with van der Waals surface area (Å²) in [5.74, 6) is 1.58. The lowest BCUT2D eigenvalue weighted by Crippen LogP contribution is -2.07. The zero-order chi connectivity index (χ0) is 14.4. The lowest BCUT2D eigenvalue weighted by Gasteiger charge is -2.12. The fourth-order valence-electron chi connectivity index (χ4n) is 2.24. The smallest absolute Gasteiger partial charge is 0.119 e. The molecule has 0 saturated heterocycles. The lowest BCUT2D eigenvalue weighted by atomic mass is 10.1. The molecule has 1 nitrogen and oxygen atoms in total. The van der Waals surface area contributed by atoms with Gasteiger partial charge in [0.05, 0.1) is 6.61 Å². The molecule has 2 aromatic carbocycles. The monoisotopic (exact) mass is 380 g/mol. The topological polar surface area (TPSA) is 9.23 Å². The fourth-order valence-corrected chi connectivity index (χ4v) is 2.94. The number of hydrogen-bond acceptors (Lipinski definition) is 1. The van der Waals surface area contributed by atoms with E-state index in [9.17, 15) is 0 Å². The van der Waals surface area contributed by atoms with Gasteiger partial charge in [0.15, 0.2) is 0 Å². The van der Waals surface area contributed by atoms with Gasteiger partial charge >= 0.3 is 0 Å². The van der Waals surface area contributed by atoms with E-state index < -0.39 is 0 Å². The van der Waals surface area contributed by atoms with Gasteiger partial charge in [-0.1, -0.05) is 50.6 Å². The van der Waals surface area contributed by atoms with E-state index in [0.29, 0.717) is 5.92 Å². The molecule has 0 radical (unpaired) electrons. The van der Waals surface area contributed by atoms with Crippen molar-refractivity contribution in [1.82, 2.24) is 0 Å². The van der Waals surface area contributed by atoms with E-state index in [1.54, 1.807) is 0 Å². The van der Waals surface area contributed by atoms with Gasteiger partial charge in [-0.2, -0.15) is 0 Å². The quantitative estimate of drug-likeness (QED) is 0.578. The van der Waals surface area contributed by atoms with E-state index in [1.807, 2.05) is 0 Å². The molecular formula is C18H21IO. The molecule has 0 heterocycles. The third kappa shape index (κ3) is 4.23. The van der Waals surface area contributed by atoms with Crippen molar-refractivity contribution in [2.45, 2.75) is 26.7 Å². The molecular weight excluding hydrogens is 359 g/mol. The van der Waals surface area contributed by atoms with Crippen LogP contribution in [-0.2, 0) is 0 Å². The summed E-state index contributed by atoms with van der Waals surface area (Å²) in [5, 5.41) is 0. The Bertz CT molecular complexity index is 533. The fraction of sp³-hybridized carbons (Fsp3) is 0.333. The van der Waals surface area contributed by atoms with Gasteiger partial charge in [-0.15, -0.1) is 0 Å². The van der Waals surface area contributed by atoms with Crippen LogP contribution in [0.25, 0.3) is 11.1 Å². The normalized spacial score (nSPS) is 12.2. The molecule has 2 rings (SSSR count). The molecule has 106 valence electrons. The van der Waals surface area contributed by atoms with Gasteiger partial charge in [0.1, 0.15) is 5.75 Å². The van der Waals surface area contributed by atoms with Crippen LogP contribution in [0.1, 0.15) is 26.7 Å². The molecule has 0 bridgehead atoms. The molecule has 2 aromatic rings. The number of benzene rings is 2. The first kappa shape index (κ1) is 15.4. The predicted octanol–water partition coefficient (Wildman–Crippen LogP) is 5.77. The van der Waals surface area contributed by atoms with Crippen molar-refractivity contribution in [3.05, 3.63) is 52.1 Å². The molecule has 0 aliphatic heterocycles. The Hall–Kier alpha value is -1.03. The summed E-state index contributed by atoms with van der Waals surface area (Å²) in [4.78, 5) is 0. The zero-order valence-electron chi connectivity index (χ0n) is 12.1. The number of ether oxygens (including phenoxy) is 1. The van der Waals surface area contributed by atoms with Gasteiger partial charge in [-0.05, 0) is 64.3 Å². The summed E-state index contributed by atoms with van der Waals surface area (Å²) < 4.78 is 7.11. The van der Waals surface area contributed by atoms with Crippen LogP contribution in [0, 0.1) is 9.49 Å². The first-order valence-electron chi connectivity index (χ1n) is 7.18. The SMILES string of the molecule is CCCC(C)COc1ccc(-c2ccccc2I)cc1. The van der Waals surface area contributed by atoms with E-state index in [4.69, 9.17) is 4.74 Å². The molecule has 0 fully saturated rings. The van der Waals surface area contributed by atoms with Crippen molar-refractivity contribution >= 4 is 22.6 Å². The second kappa shape index (κ2) is 7.67. The maximum atomic E-state index is 5.84. The Morgan fingerprint density at radius 1 is 1.05 bits per heavy atom. The molecule has 2 heteroatoms. The minimum Gasteiger partial charge on any atom is -0.493 e. The Morgan fingerprint density at radius 2 is 1.75 bits per heavy atom. The van der Waals surface area contributed by atoms with Crippen molar-refractivity contribution in [2.24, 2.45) is 5.92 Å². The van der Waals surface area contributed by atoms with Crippen molar-refractivity contribution in [2.75, 3.05) is 6.61 Å². The van der Waals surface area contributed by atoms with Crippen molar-refractivity contribution < 1.29 is 4.74 Å². The summed E-state index contributed by atoms with van der Waals surface area (Å²) >= 11 is 2.38. The molecule has 1 unspecified atom stereocenters. The van der Waals surface area contributed by atoms with Crippen LogP contribution in [-0.4, -0.2) is 6.61 Å². The summed E-state index contributed by atoms with van der Waals surface area (Å²) in [6.07, 6.45) is 2.44. The highest BCUT2D eigenvalue weighted by Crippen LogP contribution is 2.26. The zero-order valence-corrected chi connectivity index (χ0v) is 14.3. The molecule has 0 spiro atoms. The maximum absolute atomic E-state index is 5.84. The van der Waals surface area contributed by atoms with Crippen LogP contribution in [0.4, 0.5) is 0 Å². The molecule has 0 aromatic heterocycles. The van der Waals surface area contributed by atoms with E-state index in [0.717, 1.165) is 12.4 Å². The summed E-state index contributed by atoms with van der Waals surface area (Å²) in [5.41, 5.74) is 2.52. The Morgan fingerprint density at radius 3 is 2.40 bits per heavy atom. The average Bonchev–Trinajstić information content (AvgIpc) is 2.47.